The van der Waals surface area contributed by atoms with Crippen molar-refractivity contribution in [1.82, 2.24) is 14.7 Å². The second kappa shape index (κ2) is 6.37. The number of ketones is 1. The van der Waals surface area contributed by atoms with Gasteiger partial charge in [-0.1, -0.05) is 6.42 Å². The first kappa shape index (κ1) is 15.0. The van der Waals surface area contributed by atoms with Crippen LogP contribution >= 0.6 is 0 Å². The molecule has 2 unspecified atom stereocenters. The molecule has 1 aliphatic carbocycles. The summed E-state index contributed by atoms with van der Waals surface area (Å²) in [5, 5.41) is 4.28. The Morgan fingerprint density at radius 3 is 2.85 bits per heavy atom. The van der Waals surface area contributed by atoms with E-state index < -0.39 is 0 Å². The van der Waals surface area contributed by atoms with Crippen LogP contribution in [0.15, 0.2) is 6.20 Å². The number of nitrogens with two attached hydrogens (primary N) is 1. The van der Waals surface area contributed by atoms with Gasteiger partial charge in [0.15, 0.2) is 11.5 Å². The van der Waals surface area contributed by atoms with E-state index in [1.807, 2.05) is 14.1 Å². The van der Waals surface area contributed by atoms with Crippen LogP contribution in [-0.4, -0.2) is 54.3 Å². The largest absolute Gasteiger partial charge is 0.493 e. The van der Waals surface area contributed by atoms with E-state index >= 15 is 0 Å². The first-order chi connectivity index (χ1) is 9.54. The molecule has 2 atom stereocenters. The van der Waals surface area contributed by atoms with Gasteiger partial charge < -0.3 is 15.4 Å². The highest BCUT2D eigenvalue weighted by atomic mass is 16.5. The summed E-state index contributed by atoms with van der Waals surface area (Å²) in [6, 6.07) is -0.0376. The van der Waals surface area contributed by atoms with Gasteiger partial charge in [0.1, 0.15) is 5.69 Å². The predicted molar refractivity (Wildman–Crippen MR) is 77.0 cm³/mol. The monoisotopic (exact) mass is 280 g/mol. The van der Waals surface area contributed by atoms with Crippen LogP contribution in [0.25, 0.3) is 0 Å². The van der Waals surface area contributed by atoms with Crippen LogP contribution in [-0.2, 0) is 6.54 Å². The van der Waals surface area contributed by atoms with Crippen molar-refractivity contribution in [3.05, 3.63) is 11.9 Å². The minimum Gasteiger partial charge on any atom is -0.493 e. The Kier molecular flexibility index (Phi) is 4.77. The molecule has 1 fully saturated rings. The molecule has 0 amide bonds. The number of hydrogen-bond acceptors (Lipinski definition) is 5. The van der Waals surface area contributed by atoms with Crippen LogP contribution in [0.1, 0.15) is 29.8 Å². The van der Waals surface area contributed by atoms with Crippen molar-refractivity contribution in [3.63, 3.8) is 0 Å². The Balaban J connectivity index is 2.23. The average Bonchev–Trinajstić information content (AvgIpc) is 3.01. The SMILES string of the molecule is COc1cnn(CCN(C)C)c1C(=O)C1CCCC1N. The fourth-order valence-electron chi connectivity index (χ4n) is 2.72. The van der Waals surface area contributed by atoms with E-state index in [0.29, 0.717) is 18.0 Å². The van der Waals surface area contributed by atoms with Gasteiger partial charge >= 0.3 is 0 Å². The molecule has 0 radical (unpaired) electrons. The van der Waals surface area contributed by atoms with Crippen LogP contribution in [0.4, 0.5) is 0 Å². The minimum atomic E-state index is -0.0984. The fraction of sp³-hybridized carbons (Fsp3) is 0.714. The first-order valence-corrected chi connectivity index (χ1v) is 7.09. The molecule has 1 heterocycles. The van der Waals surface area contributed by atoms with Gasteiger partial charge in [-0.15, -0.1) is 0 Å². The number of methoxy groups -OCH3 is 1. The molecule has 2 rings (SSSR count). The number of Topliss-reactive ketones (excluding diaryl/α,β-unsaturated/α-hetero) is 1. The van der Waals surface area contributed by atoms with E-state index in [-0.39, 0.29) is 17.7 Å². The lowest BCUT2D eigenvalue weighted by Gasteiger charge is -2.17. The number of nitrogens with zero attached hydrogens (tertiary/aromatic N) is 3. The molecule has 20 heavy (non-hydrogen) atoms. The lowest BCUT2D eigenvalue weighted by atomic mass is 9.96. The lowest BCUT2D eigenvalue weighted by molar-refractivity contribution is 0.0898. The molecule has 1 aromatic heterocycles. The van der Waals surface area contributed by atoms with Gasteiger partial charge in [-0.05, 0) is 26.9 Å². The number of likely N-dealkylation sites (N-methyl/N-ethyl adjacent to an activating group) is 1. The maximum absolute atomic E-state index is 12.7. The molecule has 6 nitrogen and oxygen atoms in total. The molecule has 0 bridgehead atoms. The number of aromatic nitrogens is 2. The van der Waals surface area contributed by atoms with Crippen molar-refractivity contribution in [3.8, 4) is 5.75 Å². The number of rotatable bonds is 6. The molecule has 6 heteroatoms. The molecular formula is C14H24N4O2. The van der Waals surface area contributed by atoms with E-state index in [9.17, 15) is 4.79 Å². The smallest absolute Gasteiger partial charge is 0.189 e. The van der Waals surface area contributed by atoms with Crippen molar-refractivity contribution in [1.29, 1.82) is 0 Å². The molecule has 112 valence electrons. The van der Waals surface area contributed by atoms with Crippen molar-refractivity contribution in [2.75, 3.05) is 27.7 Å². The molecular weight excluding hydrogens is 256 g/mol. The Bertz CT molecular complexity index is 470. The molecule has 1 saturated carbocycles. The van der Waals surface area contributed by atoms with Crippen LogP contribution < -0.4 is 10.5 Å². The summed E-state index contributed by atoms with van der Waals surface area (Å²) in [5.74, 6) is 0.523. The van der Waals surface area contributed by atoms with Gasteiger partial charge in [0.25, 0.3) is 0 Å². The quantitative estimate of drug-likeness (QED) is 0.779. The summed E-state index contributed by atoms with van der Waals surface area (Å²) < 4.78 is 7.03. The molecule has 0 spiro atoms. The third kappa shape index (κ3) is 3.02. The van der Waals surface area contributed by atoms with Gasteiger partial charge in [0.05, 0.1) is 19.9 Å². The number of hydrogen-bond donors (Lipinski definition) is 1. The number of carbonyl (C=O) groups is 1. The zero-order chi connectivity index (χ0) is 14.7. The Morgan fingerprint density at radius 2 is 2.30 bits per heavy atom. The molecule has 0 saturated heterocycles. The normalized spacial score (nSPS) is 22.4. The highest BCUT2D eigenvalue weighted by molar-refractivity contribution is 5.99. The summed E-state index contributed by atoms with van der Waals surface area (Å²) in [6.07, 6.45) is 4.42. The minimum absolute atomic E-state index is 0.0376. The van der Waals surface area contributed by atoms with Crippen molar-refractivity contribution < 1.29 is 9.53 Å². The Labute approximate surface area is 119 Å². The Hall–Kier alpha value is -1.40. The van der Waals surface area contributed by atoms with Crippen molar-refractivity contribution in [2.24, 2.45) is 11.7 Å². The van der Waals surface area contributed by atoms with Gasteiger partial charge in [-0.2, -0.15) is 5.10 Å². The van der Waals surface area contributed by atoms with Crippen molar-refractivity contribution >= 4 is 5.78 Å². The standard InChI is InChI=1S/C14H24N4O2/c1-17(2)7-8-18-13(12(20-3)9-16-18)14(19)10-5-4-6-11(10)15/h9-11H,4-8,15H2,1-3H3. The van der Waals surface area contributed by atoms with Crippen LogP contribution in [0.5, 0.6) is 5.75 Å². The summed E-state index contributed by atoms with van der Waals surface area (Å²) in [5.41, 5.74) is 6.62. The van der Waals surface area contributed by atoms with Crippen LogP contribution in [0, 0.1) is 5.92 Å². The Morgan fingerprint density at radius 1 is 1.55 bits per heavy atom. The van der Waals surface area contributed by atoms with Gasteiger partial charge in [0.2, 0.25) is 0 Å². The lowest BCUT2D eigenvalue weighted by Crippen LogP contribution is -2.32. The van der Waals surface area contributed by atoms with Crippen LogP contribution in [0.2, 0.25) is 0 Å². The maximum atomic E-state index is 12.7. The van der Waals surface area contributed by atoms with E-state index in [2.05, 4.69) is 10.00 Å². The second-order valence-corrected chi connectivity index (χ2v) is 5.65. The summed E-state index contributed by atoms with van der Waals surface area (Å²) >= 11 is 0. The van der Waals surface area contributed by atoms with Gasteiger partial charge in [-0.3, -0.25) is 9.48 Å². The second-order valence-electron chi connectivity index (χ2n) is 5.65. The van der Waals surface area contributed by atoms with Crippen molar-refractivity contribution in [2.45, 2.75) is 31.8 Å². The van der Waals surface area contributed by atoms with E-state index in [0.717, 1.165) is 25.8 Å². The summed E-state index contributed by atoms with van der Waals surface area (Å²) in [7, 11) is 5.56. The molecule has 2 N–H and O–H groups in total. The first-order valence-electron chi connectivity index (χ1n) is 7.09. The average molecular weight is 280 g/mol. The summed E-state index contributed by atoms with van der Waals surface area (Å²) in [6.45, 7) is 1.49. The molecule has 1 aliphatic rings. The molecule has 0 aromatic carbocycles. The fourth-order valence-corrected chi connectivity index (χ4v) is 2.72. The molecule has 1 aromatic rings. The third-order valence-electron chi connectivity index (χ3n) is 3.92. The zero-order valence-corrected chi connectivity index (χ0v) is 12.5. The predicted octanol–water partition coefficient (Wildman–Crippen LogP) is 0.763. The van der Waals surface area contributed by atoms with Gasteiger partial charge in [-0.25, -0.2) is 0 Å². The van der Waals surface area contributed by atoms with Crippen LogP contribution in [0.3, 0.4) is 0 Å². The van der Waals surface area contributed by atoms with E-state index in [4.69, 9.17) is 10.5 Å². The number of carbonyl (C=O) groups excluding carboxylic acids is 1. The summed E-state index contributed by atoms with van der Waals surface area (Å²) in [4.78, 5) is 14.8. The maximum Gasteiger partial charge on any atom is 0.189 e. The highest BCUT2D eigenvalue weighted by Crippen LogP contribution is 2.30. The highest BCUT2D eigenvalue weighted by Gasteiger charge is 2.34. The number of ether oxygens (including phenoxy) is 1. The zero-order valence-electron chi connectivity index (χ0n) is 12.5. The van der Waals surface area contributed by atoms with E-state index in [1.54, 1.807) is 18.0 Å². The van der Waals surface area contributed by atoms with E-state index in [1.165, 1.54) is 0 Å². The third-order valence-corrected chi connectivity index (χ3v) is 3.92. The molecule has 0 aliphatic heterocycles. The van der Waals surface area contributed by atoms with Gasteiger partial charge in [0, 0.05) is 18.5 Å². The topological polar surface area (TPSA) is 73.4 Å².